The molecule has 0 amide bonds. The van der Waals surface area contributed by atoms with E-state index in [-0.39, 0.29) is 18.9 Å². The van der Waals surface area contributed by atoms with Crippen LogP contribution in [-0.4, -0.2) is 43.4 Å². The van der Waals surface area contributed by atoms with E-state index in [2.05, 4.69) is 0 Å². The number of fused-ring (bicyclic) bond motifs is 1. The van der Waals surface area contributed by atoms with Crippen LogP contribution in [0.2, 0.25) is 0 Å². The Hall–Kier alpha value is -1.60. The number of rotatable bonds is 4. The van der Waals surface area contributed by atoms with Gasteiger partial charge >= 0.3 is 16.2 Å². The first-order valence-electron chi connectivity index (χ1n) is 7.08. The van der Waals surface area contributed by atoms with Crippen molar-refractivity contribution in [3.63, 3.8) is 0 Å². The van der Waals surface area contributed by atoms with Gasteiger partial charge in [0, 0.05) is 25.6 Å². The van der Waals surface area contributed by atoms with Gasteiger partial charge in [-0.3, -0.25) is 9.10 Å². The van der Waals surface area contributed by atoms with E-state index in [1.54, 1.807) is 12.1 Å². The van der Waals surface area contributed by atoms with Crippen molar-refractivity contribution in [1.29, 1.82) is 0 Å². The molecule has 3 rings (SSSR count). The SMILES string of the molecule is O=C(O)CC1CN(S(=O)(=O)N2CCCC2)c2ccccc21. The Bertz CT molecular complexity index is 653. The van der Waals surface area contributed by atoms with Gasteiger partial charge < -0.3 is 5.11 Å². The molecule has 0 spiro atoms. The molecular weight excluding hydrogens is 292 g/mol. The molecule has 0 radical (unpaired) electrons. The van der Waals surface area contributed by atoms with E-state index >= 15 is 0 Å². The van der Waals surface area contributed by atoms with Gasteiger partial charge in [-0.2, -0.15) is 12.7 Å². The summed E-state index contributed by atoms with van der Waals surface area (Å²) in [6.07, 6.45) is 1.71. The van der Waals surface area contributed by atoms with Gasteiger partial charge in [0.15, 0.2) is 0 Å². The molecule has 0 saturated carbocycles. The fourth-order valence-electron chi connectivity index (χ4n) is 3.12. The Labute approximate surface area is 124 Å². The van der Waals surface area contributed by atoms with Crippen LogP contribution >= 0.6 is 0 Å². The molecule has 2 heterocycles. The van der Waals surface area contributed by atoms with Crippen LogP contribution in [0.15, 0.2) is 24.3 Å². The van der Waals surface area contributed by atoms with E-state index in [1.165, 1.54) is 8.61 Å². The third-order valence-corrected chi connectivity index (χ3v) is 6.04. The minimum atomic E-state index is -3.55. The molecule has 1 N–H and O–H groups in total. The molecule has 1 aromatic rings. The highest BCUT2D eigenvalue weighted by Gasteiger charge is 2.39. The highest BCUT2D eigenvalue weighted by Crippen LogP contribution is 2.40. The van der Waals surface area contributed by atoms with E-state index in [0.717, 1.165) is 18.4 Å². The van der Waals surface area contributed by atoms with E-state index in [9.17, 15) is 13.2 Å². The van der Waals surface area contributed by atoms with Crippen molar-refractivity contribution in [2.75, 3.05) is 23.9 Å². The maximum atomic E-state index is 12.7. The standard InChI is InChI=1S/C14H18N2O4S/c17-14(18)9-11-10-16(13-6-2-1-5-12(11)13)21(19,20)15-7-3-4-8-15/h1-2,5-6,11H,3-4,7-10H2,(H,17,18). The van der Waals surface area contributed by atoms with Gasteiger partial charge in [-0.1, -0.05) is 18.2 Å². The van der Waals surface area contributed by atoms with Crippen LogP contribution in [0.3, 0.4) is 0 Å². The molecule has 1 saturated heterocycles. The molecule has 0 aromatic heterocycles. The highest BCUT2D eigenvalue weighted by atomic mass is 32.2. The minimum Gasteiger partial charge on any atom is -0.481 e. The average Bonchev–Trinajstić information content (AvgIpc) is 3.07. The molecule has 1 aromatic carbocycles. The zero-order valence-electron chi connectivity index (χ0n) is 11.6. The summed E-state index contributed by atoms with van der Waals surface area (Å²) in [5.41, 5.74) is 1.43. The van der Waals surface area contributed by atoms with Crippen molar-refractivity contribution >= 4 is 21.9 Å². The largest absolute Gasteiger partial charge is 0.481 e. The second-order valence-corrected chi connectivity index (χ2v) is 7.35. The Morgan fingerprint density at radius 2 is 1.90 bits per heavy atom. The lowest BCUT2D eigenvalue weighted by atomic mass is 9.98. The first-order valence-corrected chi connectivity index (χ1v) is 8.48. The lowest BCUT2D eigenvalue weighted by Gasteiger charge is -2.25. The third kappa shape index (κ3) is 2.51. The predicted molar refractivity (Wildman–Crippen MR) is 78.5 cm³/mol. The number of hydrogen-bond donors (Lipinski definition) is 1. The first kappa shape index (κ1) is 14.3. The normalized spacial score (nSPS) is 22.5. The zero-order valence-corrected chi connectivity index (χ0v) is 12.4. The number of carboxylic acid groups (broad SMARTS) is 1. The summed E-state index contributed by atoms with van der Waals surface area (Å²) in [5.74, 6) is -1.19. The predicted octanol–water partition coefficient (Wildman–Crippen LogP) is 1.41. The Morgan fingerprint density at radius 3 is 2.57 bits per heavy atom. The number of carboxylic acids is 1. The summed E-state index contributed by atoms with van der Waals surface area (Å²) in [6.45, 7) is 1.31. The van der Waals surface area contributed by atoms with Crippen molar-refractivity contribution < 1.29 is 18.3 Å². The van der Waals surface area contributed by atoms with Crippen molar-refractivity contribution in [3.05, 3.63) is 29.8 Å². The number of carbonyl (C=O) groups is 1. The van der Waals surface area contributed by atoms with Crippen LogP contribution in [0.1, 0.15) is 30.7 Å². The van der Waals surface area contributed by atoms with Gasteiger partial charge in [0.05, 0.1) is 12.1 Å². The van der Waals surface area contributed by atoms with E-state index in [0.29, 0.717) is 18.8 Å². The number of hydrogen-bond acceptors (Lipinski definition) is 3. The molecule has 7 heteroatoms. The maximum absolute atomic E-state index is 12.7. The van der Waals surface area contributed by atoms with Crippen molar-refractivity contribution in [2.24, 2.45) is 0 Å². The summed E-state index contributed by atoms with van der Waals surface area (Å²) >= 11 is 0. The molecule has 114 valence electrons. The first-order chi connectivity index (χ1) is 10.00. The minimum absolute atomic E-state index is 0.0525. The van der Waals surface area contributed by atoms with E-state index < -0.39 is 16.2 Å². The average molecular weight is 310 g/mol. The molecular formula is C14H18N2O4S. The number of benzene rings is 1. The molecule has 0 bridgehead atoms. The number of nitrogens with zero attached hydrogens (tertiary/aromatic N) is 2. The second-order valence-electron chi connectivity index (χ2n) is 5.50. The van der Waals surface area contributed by atoms with E-state index in [1.807, 2.05) is 12.1 Å². The summed E-state index contributed by atoms with van der Waals surface area (Å²) in [5, 5.41) is 9.02. The number of aliphatic carboxylic acids is 1. The second kappa shape index (κ2) is 5.31. The third-order valence-electron chi connectivity index (χ3n) is 4.12. The van der Waals surface area contributed by atoms with Crippen LogP contribution < -0.4 is 4.31 Å². The molecule has 0 aliphatic carbocycles. The zero-order chi connectivity index (χ0) is 15.0. The Morgan fingerprint density at radius 1 is 1.24 bits per heavy atom. The molecule has 1 atom stereocenters. The van der Waals surface area contributed by atoms with Gasteiger partial charge in [0.25, 0.3) is 0 Å². The monoisotopic (exact) mass is 310 g/mol. The molecule has 21 heavy (non-hydrogen) atoms. The fourth-order valence-corrected chi connectivity index (χ4v) is 4.90. The number of para-hydroxylation sites is 1. The van der Waals surface area contributed by atoms with Crippen LogP contribution in [0.25, 0.3) is 0 Å². The van der Waals surface area contributed by atoms with Gasteiger partial charge in [-0.15, -0.1) is 0 Å². The smallest absolute Gasteiger partial charge is 0.304 e. The van der Waals surface area contributed by atoms with Gasteiger partial charge in [-0.25, -0.2) is 0 Å². The molecule has 1 fully saturated rings. The van der Waals surface area contributed by atoms with Crippen LogP contribution in [0.4, 0.5) is 5.69 Å². The summed E-state index contributed by atoms with van der Waals surface area (Å²) < 4.78 is 28.3. The summed E-state index contributed by atoms with van der Waals surface area (Å²) in [7, 11) is -3.55. The summed E-state index contributed by atoms with van der Waals surface area (Å²) in [4.78, 5) is 11.0. The van der Waals surface area contributed by atoms with Crippen LogP contribution in [0.5, 0.6) is 0 Å². The Kier molecular flexibility index (Phi) is 3.62. The topological polar surface area (TPSA) is 77.9 Å². The summed E-state index contributed by atoms with van der Waals surface area (Å²) in [6, 6.07) is 7.18. The lowest BCUT2D eigenvalue weighted by molar-refractivity contribution is -0.137. The quantitative estimate of drug-likeness (QED) is 0.912. The molecule has 1 unspecified atom stereocenters. The van der Waals surface area contributed by atoms with Crippen LogP contribution in [-0.2, 0) is 15.0 Å². The molecule has 2 aliphatic rings. The Balaban J connectivity index is 1.95. The molecule has 6 nitrogen and oxygen atoms in total. The van der Waals surface area contributed by atoms with Crippen LogP contribution in [0, 0.1) is 0 Å². The van der Waals surface area contributed by atoms with E-state index in [4.69, 9.17) is 5.11 Å². The molecule has 2 aliphatic heterocycles. The van der Waals surface area contributed by atoms with Gasteiger partial charge in [0.1, 0.15) is 0 Å². The lowest BCUT2D eigenvalue weighted by Crippen LogP contribution is -2.42. The maximum Gasteiger partial charge on any atom is 0.304 e. The van der Waals surface area contributed by atoms with Crippen molar-refractivity contribution in [1.82, 2.24) is 4.31 Å². The van der Waals surface area contributed by atoms with Gasteiger partial charge in [-0.05, 0) is 24.5 Å². The van der Waals surface area contributed by atoms with Crippen molar-refractivity contribution in [3.8, 4) is 0 Å². The van der Waals surface area contributed by atoms with Crippen molar-refractivity contribution in [2.45, 2.75) is 25.2 Å². The van der Waals surface area contributed by atoms with Gasteiger partial charge in [0.2, 0.25) is 0 Å². The highest BCUT2D eigenvalue weighted by molar-refractivity contribution is 7.90. The fraction of sp³-hybridized carbons (Fsp3) is 0.500. The number of anilines is 1.